The van der Waals surface area contributed by atoms with Gasteiger partial charge in [-0.3, -0.25) is 9.98 Å². The molecule has 308 valence electrons. The van der Waals surface area contributed by atoms with Crippen molar-refractivity contribution in [1.82, 2.24) is 0 Å². The summed E-state index contributed by atoms with van der Waals surface area (Å²) in [5, 5.41) is 23.0. The first kappa shape index (κ1) is 50.1. The summed E-state index contributed by atoms with van der Waals surface area (Å²) in [6.45, 7) is 11.0. The zero-order chi connectivity index (χ0) is 39.1. The summed E-state index contributed by atoms with van der Waals surface area (Å²) in [5.41, 5.74) is 7.76. The normalized spacial score (nSPS) is 11.4. The Bertz CT molecular complexity index is 1450. The Kier molecular flexibility index (Phi) is 30.3. The molecular formula is C50H76N2NiO2. The van der Waals surface area contributed by atoms with E-state index >= 15 is 0 Å². The standard InChI is InChI=1S/C36H56N2.C14H22O2.Ni/c1-4-7-10-13-16-19-26-36(38-35-28-21-25-33(30-35)23-18-15-12-9-6-3)31-37-34-27-20-24-32(29-34)22-17-14-11-8-5-2;1-3-5-6-8-11-9-12(7-4-2)14(16)13(15)10-11;/h20-21,24-25,27-31H,4-19,22-23,26H2,1-3H3;9-10,15-16H,3-8H2,1-2H3;/q;;+2/p-2. The topological polar surface area (TPSA) is 70.8 Å². The van der Waals surface area contributed by atoms with Crippen LogP contribution in [0.15, 0.2) is 70.6 Å². The van der Waals surface area contributed by atoms with E-state index in [9.17, 15) is 10.2 Å². The monoisotopic (exact) mass is 795 g/mol. The molecule has 0 saturated heterocycles. The van der Waals surface area contributed by atoms with Gasteiger partial charge in [0.1, 0.15) is 0 Å². The van der Waals surface area contributed by atoms with Gasteiger partial charge >= 0.3 is 16.5 Å². The molecule has 0 aliphatic carbocycles. The predicted molar refractivity (Wildman–Crippen MR) is 234 cm³/mol. The largest absolute Gasteiger partial charge is 2.00 e. The summed E-state index contributed by atoms with van der Waals surface area (Å²) in [6, 6.07) is 21.1. The van der Waals surface area contributed by atoms with Gasteiger partial charge in [-0.25, -0.2) is 0 Å². The van der Waals surface area contributed by atoms with Gasteiger partial charge in [0.05, 0.1) is 17.1 Å². The van der Waals surface area contributed by atoms with Crippen molar-refractivity contribution in [2.24, 2.45) is 9.98 Å². The summed E-state index contributed by atoms with van der Waals surface area (Å²) >= 11 is 0. The minimum absolute atomic E-state index is 0. The SMILES string of the molecule is CCCCCCCCC(C=Nc1cccc(CCCCCCC)c1)=Nc1cccc(CCCCCCC)c1.CCCCCc1cc([O-])c([O-])c(CCC)c1.[Ni+2]. The molecule has 3 aromatic rings. The van der Waals surface area contributed by atoms with Crippen molar-refractivity contribution < 1.29 is 26.7 Å². The van der Waals surface area contributed by atoms with E-state index in [1.54, 1.807) is 0 Å². The van der Waals surface area contributed by atoms with E-state index in [4.69, 9.17) is 9.98 Å². The van der Waals surface area contributed by atoms with Crippen LogP contribution >= 0.6 is 0 Å². The van der Waals surface area contributed by atoms with Crippen LogP contribution in [-0.2, 0) is 42.2 Å². The average molecular weight is 796 g/mol. The predicted octanol–water partition coefficient (Wildman–Crippen LogP) is 14.5. The summed E-state index contributed by atoms with van der Waals surface area (Å²) in [5.74, 6) is -0.640. The molecule has 3 rings (SSSR count). The molecule has 0 atom stereocenters. The van der Waals surface area contributed by atoms with Crippen LogP contribution in [0.1, 0.15) is 192 Å². The molecule has 0 heterocycles. The van der Waals surface area contributed by atoms with Crippen LogP contribution in [0, 0.1) is 0 Å². The first-order valence-corrected chi connectivity index (χ1v) is 22.2. The summed E-state index contributed by atoms with van der Waals surface area (Å²) < 4.78 is 0. The van der Waals surface area contributed by atoms with Gasteiger partial charge in [0.15, 0.2) is 0 Å². The van der Waals surface area contributed by atoms with Crippen LogP contribution < -0.4 is 10.2 Å². The molecule has 0 radical (unpaired) electrons. The van der Waals surface area contributed by atoms with E-state index in [-0.39, 0.29) is 28.0 Å². The molecule has 0 N–H and O–H groups in total. The number of unbranched alkanes of at least 4 members (excludes halogenated alkanes) is 15. The van der Waals surface area contributed by atoms with Gasteiger partial charge in [-0.2, -0.15) is 0 Å². The van der Waals surface area contributed by atoms with Crippen LogP contribution in [0.25, 0.3) is 0 Å². The Morgan fingerprint density at radius 3 is 1.55 bits per heavy atom. The third kappa shape index (κ3) is 23.7. The van der Waals surface area contributed by atoms with Crippen LogP contribution in [-0.4, -0.2) is 11.9 Å². The van der Waals surface area contributed by atoms with Crippen LogP contribution in [0.4, 0.5) is 11.4 Å². The number of hydrogen-bond donors (Lipinski definition) is 0. The van der Waals surface area contributed by atoms with E-state index in [1.807, 2.05) is 19.2 Å². The smallest absolute Gasteiger partial charge is 0.873 e. The Labute approximate surface area is 348 Å². The van der Waals surface area contributed by atoms with Gasteiger partial charge in [0.2, 0.25) is 0 Å². The van der Waals surface area contributed by atoms with Crippen LogP contribution in [0.3, 0.4) is 0 Å². The average Bonchev–Trinajstić information content (AvgIpc) is 3.17. The summed E-state index contributed by atoms with van der Waals surface area (Å²) in [7, 11) is 0. The Hall–Kier alpha value is -2.91. The van der Waals surface area contributed by atoms with Crippen LogP contribution in [0.2, 0.25) is 0 Å². The summed E-state index contributed by atoms with van der Waals surface area (Å²) in [4.78, 5) is 9.99. The zero-order valence-corrected chi connectivity index (χ0v) is 36.5. The Balaban J connectivity index is 0.000000744. The molecule has 0 aliphatic rings. The molecule has 0 unspecified atom stereocenters. The summed E-state index contributed by atoms with van der Waals surface area (Å²) in [6.07, 6.45) is 32.3. The van der Waals surface area contributed by atoms with E-state index in [0.717, 1.165) is 67.6 Å². The van der Waals surface area contributed by atoms with Crippen molar-refractivity contribution in [2.75, 3.05) is 0 Å². The Morgan fingerprint density at radius 1 is 0.491 bits per heavy atom. The van der Waals surface area contributed by atoms with E-state index in [0.29, 0.717) is 5.56 Å². The van der Waals surface area contributed by atoms with Gasteiger partial charge in [0, 0.05) is 6.21 Å². The molecule has 55 heavy (non-hydrogen) atoms. The maximum atomic E-state index is 11.5. The third-order valence-electron chi connectivity index (χ3n) is 10.2. The molecule has 0 spiro atoms. The van der Waals surface area contributed by atoms with Gasteiger partial charge in [-0.15, -0.1) is 11.5 Å². The molecule has 0 aromatic heterocycles. The van der Waals surface area contributed by atoms with Gasteiger partial charge in [0.25, 0.3) is 0 Å². The number of rotatable bonds is 28. The number of aliphatic imine (C=N–C) groups is 2. The third-order valence-corrected chi connectivity index (χ3v) is 10.2. The second-order valence-corrected chi connectivity index (χ2v) is 15.3. The fourth-order valence-electron chi connectivity index (χ4n) is 6.89. The molecule has 0 fully saturated rings. The van der Waals surface area contributed by atoms with Crippen molar-refractivity contribution in [2.45, 2.75) is 195 Å². The van der Waals surface area contributed by atoms with E-state index in [1.165, 1.54) is 133 Å². The zero-order valence-electron chi connectivity index (χ0n) is 35.6. The maximum absolute atomic E-state index is 11.5. The van der Waals surface area contributed by atoms with Crippen molar-refractivity contribution in [1.29, 1.82) is 0 Å². The minimum atomic E-state index is -0.336. The molecule has 3 aromatic carbocycles. The fraction of sp³-hybridized carbons (Fsp3) is 0.600. The minimum Gasteiger partial charge on any atom is -0.873 e. The molecule has 0 saturated carbocycles. The number of hydrogen-bond acceptors (Lipinski definition) is 4. The number of benzene rings is 3. The van der Waals surface area contributed by atoms with E-state index in [2.05, 4.69) is 76.2 Å². The molecule has 0 bridgehead atoms. The second kappa shape index (κ2) is 33.3. The molecule has 0 aliphatic heterocycles. The maximum Gasteiger partial charge on any atom is 2.00 e. The number of nitrogens with zero attached hydrogens (tertiary/aromatic N) is 2. The second-order valence-electron chi connectivity index (χ2n) is 15.3. The van der Waals surface area contributed by atoms with Gasteiger partial charge in [-0.1, -0.05) is 179 Å². The molecule has 4 nitrogen and oxygen atoms in total. The van der Waals surface area contributed by atoms with Crippen molar-refractivity contribution in [3.63, 3.8) is 0 Å². The first-order valence-electron chi connectivity index (χ1n) is 22.2. The number of aryl methyl sites for hydroxylation is 4. The van der Waals surface area contributed by atoms with Gasteiger partial charge < -0.3 is 10.2 Å². The van der Waals surface area contributed by atoms with Crippen molar-refractivity contribution >= 4 is 23.3 Å². The quantitative estimate of drug-likeness (QED) is 0.0417. The van der Waals surface area contributed by atoms with E-state index < -0.39 is 0 Å². The van der Waals surface area contributed by atoms with Crippen molar-refractivity contribution in [3.8, 4) is 11.5 Å². The van der Waals surface area contributed by atoms with Gasteiger partial charge in [-0.05, 0) is 98.7 Å². The Morgan fingerprint density at radius 2 is 0.964 bits per heavy atom. The molecule has 0 amide bonds. The van der Waals surface area contributed by atoms with Crippen molar-refractivity contribution in [3.05, 3.63) is 82.9 Å². The molecule has 5 heteroatoms. The first-order chi connectivity index (χ1) is 26.4. The molecular weight excluding hydrogens is 719 g/mol. The fourth-order valence-corrected chi connectivity index (χ4v) is 6.89. The van der Waals surface area contributed by atoms with Crippen LogP contribution in [0.5, 0.6) is 11.5 Å².